The molecule has 2 unspecified atom stereocenters. The number of hydrogen-bond acceptors (Lipinski definition) is 6. The molecule has 10 nitrogen and oxygen atoms in total. The van der Waals surface area contributed by atoms with Crippen molar-refractivity contribution in [2.75, 3.05) is 31.1 Å². The summed E-state index contributed by atoms with van der Waals surface area (Å²) < 4.78 is 2.68. The molecule has 2 atom stereocenters. The largest absolute Gasteiger partial charge is 0.465 e. The molecule has 1 saturated heterocycles. The highest BCUT2D eigenvalue weighted by molar-refractivity contribution is 6.30. The molecule has 4 rings (SSSR count). The first-order chi connectivity index (χ1) is 15.9. The van der Waals surface area contributed by atoms with Gasteiger partial charge in [-0.3, -0.25) is 0 Å². The standard InChI is InChI=1S/C22H25ClN6O4/c1-2-18(20(30)15-3-5-16(23)6-4-15)29-21(31)28(14-25-29)17-7-8-19(24-13-17)26-9-11-27(12-10-26)22(32)33/h3-8,13-14,18,20,30H,2,9-12H2,1H3,(H,32,33). The van der Waals surface area contributed by atoms with Crippen LogP contribution < -0.4 is 10.6 Å². The smallest absolute Gasteiger partial charge is 0.407 e. The fourth-order valence-corrected chi connectivity index (χ4v) is 4.09. The lowest BCUT2D eigenvalue weighted by Crippen LogP contribution is -2.48. The van der Waals surface area contributed by atoms with Crippen molar-refractivity contribution >= 4 is 23.5 Å². The summed E-state index contributed by atoms with van der Waals surface area (Å²) in [5, 5.41) is 24.8. The molecule has 2 N–H and O–H groups in total. The molecule has 3 aromatic rings. The number of aromatic nitrogens is 4. The van der Waals surface area contributed by atoms with Crippen LogP contribution in [0, 0.1) is 0 Å². The fourth-order valence-electron chi connectivity index (χ4n) is 3.97. The van der Waals surface area contributed by atoms with Crippen molar-refractivity contribution in [3.05, 3.63) is 70.0 Å². The van der Waals surface area contributed by atoms with Crippen molar-refractivity contribution in [1.82, 2.24) is 24.2 Å². The molecule has 0 spiro atoms. The molecule has 3 heterocycles. The third kappa shape index (κ3) is 4.71. The first-order valence-corrected chi connectivity index (χ1v) is 11.1. The number of amides is 1. The quantitative estimate of drug-likeness (QED) is 0.566. The van der Waals surface area contributed by atoms with Crippen LogP contribution in [0.3, 0.4) is 0 Å². The van der Waals surface area contributed by atoms with Gasteiger partial charge in [-0.25, -0.2) is 23.8 Å². The van der Waals surface area contributed by atoms with Crippen molar-refractivity contribution in [2.45, 2.75) is 25.5 Å². The molecule has 0 bridgehead atoms. The maximum absolute atomic E-state index is 13.1. The van der Waals surface area contributed by atoms with Crippen LogP contribution in [0.15, 0.2) is 53.7 Å². The number of carboxylic acid groups (broad SMARTS) is 1. The highest BCUT2D eigenvalue weighted by atomic mass is 35.5. The molecule has 0 saturated carbocycles. The van der Waals surface area contributed by atoms with E-state index in [1.165, 1.54) is 20.5 Å². The van der Waals surface area contributed by atoms with Gasteiger partial charge in [0.1, 0.15) is 18.2 Å². The lowest BCUT2D eigenvalue weighted by molar-refractivity contribution is 0.101. The Labute approximate surface area is 195 Å². The Morgan fingerprint density at radius 1 is 1.12 bits per heavy atom. The Hall–Kier alpha value is -3.37. The number of anilines is 1. The monoisotopic (exact) mass is 472 g/mol. The van der Waals surface area contributed by atoms with Crippen molar-refractivity contribution in [3.8, 4) is 5.69 Å². The topological polar surface area (TPSA) is 117 Å². The van der Waals surface area contributed by atoms with Gasteiger partial charge in [0.05, 0.1) is 17.9 Å². The van der Waals surface area contributed by atoms with E-state index in [9.17, 15) is 14.7 Å². The van der Waals surface area contributed by atoms with Gasteiger partial charge in [0, 0.05) is 31.2 Å². The minimum atomic E-state index is -0.918. The molecule has 1 aliphatic heterocycles. The molecular weight excluding hydrogens is 448 g/mol. The van der Waals surface area contributed by atoms with E-state index in [0.29, 0.717) is 54.7 Å². The highest BCUT2D eigenvalue weighted by Crippen LogP contribution is 2.28. The van der Waals surface area contributed by atoms with Crippen LogP contribution in [-0.4, -0.2) is 66.7 Å². The zero-order valence-corrected chi connectivity index (χ0v) is 18.8. The Morgan fingerprint density at radius 3 is 2.39 bits per heavy atom. The molecule has 0 radical (unpaired) electrons. The van der Waals surface area contributed by atoms with Gasteiger partial charge in [0.15, 0.2) is 0 Å². The van der Waals surface area contributed by atoms with Crippen LogP contribution in [0.4, 0.5) is 10.6 Å². The summed E-state index contributed by atoms with van der Waals surface area (Å²) >= 11 is 5.94. The number of pyridine rings is 1. The van der Waals surface area contributed by atoms with Crippen molar-refractivity contribution < 1.29 is 15.0 Å². The minimum absolute atomic E-state index is 0.375. The van der Waals surface area contributed by atoms with Gasteiger partial charge in [-0.05, 0) is 36.2 Å². The second-order valence-electron chi connectivity index (χ2n) is 7.83. The first kappa shape index (κ1) is 22.8. The van der Waals surface area contributed by atoms with Gasteiger partial charge in [0.25, 0.3) is 0 Å². The molecule has 1 amide bonds. The number of aliphatic hydroxyl groups excluding tert-OH is 1. The molecule has 33 heavy (non-hydrogen) atoms. The normalized spacial score (nSPS) is 16.0. The summed E-state index contributed by atoms with van der Waals surface area (Å²) in [6.45, 7) is 3.82. The number of hydrogen-bond donors (Lipinski definition) is 2. The zero-order chi connectivity index (χ0) is 23.5. The zero-order valence-electron chi connectivity index (χ0n) is 18.1. The summed E-state index contributed by atoms with van der Waals surface area (Å²) in [6, 6.07) is 9.89. The fraction of sp³-hybridized carbons (Fsp3) is 0.364. The second-order valence-corrected chi connectivity index (χ2v) is 8.27. The van der Waals surface area contributed by atoms with Crippen LogP contribution in [0.2, 0.25) is 5.02 Å². The van der Waals surface area contributed by atoms with E-state index in [1.54, 1.807) is 42.6 Å². The summed E-state index contributed by atoms with van der Waals surface area (Å²) in [6.07, 6.45) is 1.67. The van der Waals surface area contributed by atoms with Crippen LogP contribution >= 0.6 is 11.6 Å². The van der Waals surface area contributed by atoms with E-state index < -0.39 is 18.2 Å². The van der Waals surface area contributed by atoms with Crippen LogP contribution in [0.5, 0.6) is 0 Å². The third-order valence-corrected chi connectivity index (χ3v) is 6.14. The molecule has 1 aliphatic rings. The van der Waals surface area contributed by atoms with Crippen molar-refractivity contribution in [3.63, 3.8) is 0 Å². The lowest BCUT2D eigenvalue weighted by atomic mass is 10.0. The summed E-state index contributed by atoms with van der Waals surface area (Å²) in [4.78, 5) is 32.0. The number of aliphatic hydroxyl groups is 1. The summed E-state index contributed by atoms with van der Waals surface area (Å²) in [5.41, 5.74) is 0.830. The van der Waals surface area contributed by atoms with E-state index in [-0.39, 0.29) is 5.69 Å². The van der Waals surface area contributed by atoms with E-state index in [2.05, 4.69) is 10.1 Å². The summed E-state index contributed by atoms with van der Waals surface area (Å²) in [7, 11) is 0. The first-order valence-electron chi connectivity index (χ1n) is 10.7. The minimum Gasteiger partial charge on any atom is -0.465 e. The number of carbonyl (C=O) groups is 1. The number of piperazine rings is 1. The van der Waals surface area contributed by atoms with E-state index >= 15 is 0 Å². The van der Waals surface area contributed by atoms with Crippen molar-refractivity contribution in [2.24, 2.45) is 0 Å². The highest BCUT2D eigenvalue weighted by Gasteiger charge is 2.25. The molecule has 0 aliphatic carbocycles. The SMILES string of the molecule is CCC(C(O)c1ccc(Cl)cc1)n1ncn(-c2ccc(N3CCN(C(=O)O)CC3)nc2)c1=O. The Morgan fingerprint density at radius 2 is 1.82 bits per heavy atom. The molecule has 174 valence electrons. The third-order valence-electron chi connectivity index (χ3n) is 5.89. The van der Waals surface area contributed by atoms with E-state index in [4.69, 9.17) is 16.7 Å². The Kier molecular flexibility index (Phi) is 6.66. The van der Waals surface area contributed by atoms with Crippen LogP contribution in [0.25, 0.3) is 5.69 Å². The predicted molar refractivity (Wildman–Crippen MR) is 123 cm³/mol. The Bertz CT molecular complexity index is 1150. The number of nitrogens with zero attached hydrogens (tertiary/aromatic N) is 6. The average molecular weight is 473 g/mol. The van der Waals surface area contributed by atoms with Crippen LogP contribution in [0.1, 0.15) is 31.1 Å². The van der Waals surface area contributed by atoms with Crippen molar-refractivity contribution in [1.29, 1.82) is 0 Å². The van der Waals surface area contributed by atoms with E-state index in [1.807, 2.05) is 11.8 Å². The van der Waals surface area contributed by atoms with E-state index in [0.717, 1.165) is 0 Å². The number of rotatable bonds is 6. The number of benzene rings is 1. The maximum Gasteiger partial charge on any atom is 0.407 e. The number of halogens is 1. The van der Waals surface area contributed by atoms with Gasteiger partial charge >= 0.3 is 11.8 Å². The van der Waals surface area contributed by atoms with Gasteiger partial charge in [-0.1, -0.05) is 30.7 Å². The average Bonchev–Trinajstić information content (AvgIpc) is 3.21. The molecule has 2 aromatic heterocycles. The molecule has 1 aromatic carbocycles. The second kappa shape index (κ2) is 9.63. The van der Waals surface area contributed by atoms with Crippen LogP contribution in [-0.2, 0) is 0 Å². The Balaban J connectivity index is 1.52. The van der Waals surface area contributed by atoms with Gasteiger partial charge in [-0.15, -0.1) is 0 Å². The maximum atomic E-state index is 13.1. The summed E-state index contributed by atoms with van der Waals surface area (Å²) in [5.74, 6) is 0.717. The molecule has 1 fully saturated rings. The van der Waals surface area contributed by atoms with Gasteiger partial charge in [-0.2, -0.15) is 5.10 Å². The lowest BCUT2D eigenvalue weighted by Gasteiger charge is -2.33. The molecule has 11 heteroatoms. The van der Waals surface area contributed by atoms with Gasteiger partial charge < -0.3 is 20.0 Å². The molecular formula is C22H25ClN6O4. The van der Waals surface area contributed by atoms with Gasteiger partial charge in [0.2, 0.25) is 0 Å². The predicted octanol–water partition coefficient (Wildman–Crippen LogP) is 2.57.